The van der Waals surface area contributed by atoms with E-state index in [9.17, 15) is 14.4 Å². The summed E-state index contributed by atoms with van der Waals surface area (Å²) >= 11 is 0. The standard InChI is InChI=1S/C20H18N2O5/c1-12(19(24)15-10-22-16-8-4-2-6-13(15)16)27-18(23)11-26-17-9-5-3-7-14(17)20(21)25/h2-10,12,22H,11H2,1H3,(H2,21,25)/t12-/m0/s1. The number of primary amides is 1. The van der Waals surface area contributed by atoms with Crippen LogP contribution in [0.5, 0.6) is 5.75 Å². The van der Waals surface area contributed by atoms with Crippen LogP contribution in [-0.4, -0.2) is 35.4 Å². The molecule has 0 saturated heterocycles. The molecule has 27 heavy (non-hydrogen) atoms. The molecule has 2 aromatic carbocycles. The third kappa shape index (κ3) is 3.98. The summed E-state index contributed by atoms with van der Waals surface area (Å²) in [6.07, 6.45) is 0.614. The SMILES string of the molecule is C[C@H](OC(=O)COc1ccccc1C(N)=O)C(=O)c1c[nH]c2ccccc12. The number of carbonyl (C=O) groups is 3. The van der Waals surface area contributed by atoms with Gasteiger partial charge in [0.15, 0.2) is 12.7 Å². The van der Waals surface area contributed by atoms with Crippen LogP contribution < -0.4 is 10.5 Å². The summed E-state index contributed by atoms with van der Waals surface area (Å²) in [5.41, 5.74) is 6.69. The number of amides is 1. The molecular weight excluding hydrogens is 348 g/mol. The largest absolute Gasteiger partial charge is 0.481 e. The van der Waals surface area contributed by atoms with Gasteiger partial charge in [-0.25, -0.2) is 4.79 Å². The molecule has 0 fully saturated rings. The van der Waals surface area contributed by atoms with Gasteiger partial charge in [-0.3, -0.25) is 9.59 Å². The normalized spacial score (nSPS) is 11.7. The van der Waals surface area contributed by atoms with Crippen molar-refractivity contribution in [1.29, 1.82) is 0 Å². The van der Waals surface area contributed by atoms with E-state index in [0.717, 1.165) is 10.9 Å². The Hall–Kier alpha value is -3.61. The van der Waals surface area contributed by atoms with Crippen molar-refractivity contribution in [2.75, 3.05) is 6.61 Å². The minimum atomic E-state index is -0.980. The van der Waals surface area contributed by atoms with Crippen LogP contribution >= 0.6 is 0 Å². The molecule has 1 heterocycles. The molecule has 0 saturated carbocycles. The van der Waals surface area contributed by atoms with Crippen LogP contribution in [0.25, 0.3) is 10.9 Å². The van der Waals surface area contributed by atoms with E-state index in [0.29, 0.717) is 5.56 Å². The van der Waals surface area contributed by atoms with Gasteiger partial charge < -0.3 is 20.2 Å². The van der Waals surface area contributed by atoms with E-state index < -0.39 is 24.6 Å². The van der Waals surface area contributed by atoms with Crippen LogP contribution in [0.1, 0.15) is 27.6 Å². The Labute approximate surface area is 155 Å². The first-order valence-corrected chi connectivity index (χ1v) is 8.29. The maximum Gasteiger partial charge on any atom is 0.344 e. The second kappa shape index (κ2) is 7.74. The Morgan fingerprint density at radius 2 is 1.74 bits per heavy atom. The van der Waals surface area contributed by atoms with Gasteiger partial charge >= 0.3 is 5.97 Å². The van der Waals surface area contributed by atoms with Crippen LogP contribution in [0, 0.1) is 0 Å². The minimum absolute atomic E-state index is 0.160. The number of Topliss-reactive ketones (excluding diaryl/α,β-unsaturated/α-hetero) is 1. The minimum Gasteiger partial charge on any atom is -0.481 e. The lowest BCUT2D eigenvalue weighted by Gasteiger charge is -2.13. The monoisotopic (exact) mass is 366 g/mol. The number of carbonyl (C=O) groups excluding carboxylic acids is 3. The quantitative estimate of drug-likeness (QED) is 0.493. The average molecular weight is 366 g/mol. The van der Waals surface area contributed by atoms with Crippen molar-refractivity contribution < 1.29 is 23.9 Å². The van der Waals surface area contributed by atoms with E-state index in [1.807, 2.05) is 24.3 Å². The number of para-hydroxylation sites is 2. The van der Waals surface area contributed by atoms with E-state index in [1.165, 1.54) is 19.1 Å². The highest BCUT2D eigenvalue weighted by Crippen LogP contribution is 2.20. The van der Waals surface area contributed by atoms with Gasteiger partial charge in [0.05, 0.1) is 5.56 Å². The Kier molecular flexibility index (Phi) is 5.21. The summed E-state index contributed by atoms with van der Waals surface area (Å²) < 4.78 is 10.5. The zero-order valence-corrected chi connectivity index (χ0v) is 14.6. The first kappa shape index (κ1) is 18.2. The van der Waals surface area contributed by atoms with Crippen LogP contribution in [-0.2, 0) is 9.53 Å². The topological polar surface area (TPSA) is 111 Å². The Bertz CT molecular complexity index is 1010. The summed E-state index contributed by atoms with van der Waals surface area (Å²) in [6, 6.07) is 13.7. The fourth-order valence-corrected chi connectivity index (χ4v) is 2.71. The molecule has 3 aromatic rings. The molecular formula is C20H18N2O5. The third-order valence-electron chi connectivity index (χ3n) is 4.03. The highest BCUT2D eigenvalue weighted by molar-refractivity contribution is 6.10. The molecule has 7 heteroatoms. The number of fused-ring (bicyclic) bond motifs is 1. The molecule has 0 spiro atoms. The smallest absolute Gasteiger partial charge is 0.344 e. The van der Waals surface area contributed by atoms with Gasteiger partial charge in [-0.15, -0.1) is 0 Å². The lowest BCUT2D eigenvalue weighted by molar-refractivity contribution is -0.148. The van der Waals surface area contributed by atoms with Crippen molar-refractivity contribution >= 4 is 28.6 Å². The fraction of sp³-hybridized carbons (Fsp3) is 0.150. The third-order valence-corrected chi connectivity index (χ3v) is 4.03. The number of benzene rings is 2. The van der Waals surface area contributed by atoms with Gasteiger partial charge in [0.1, 0.15) is 5.75 Å². The van der Waals surface area contributed by atoms with E-state index >= 15 is 0 Å². The summed E-state index contributed by atoms with van der Waals surface area (Å²) in [7, 11) is 0. The first-order valence-electron chi connectivity index (χ1n) is 8.29. The van der Waals surface area contributed by atoms with Gasteiger partial charge in [0, 0.05) is 22.7 Å². The molecule has 1 atom stereocenters. The van der Waals surface area contributed by atoms with E-state index in [4.69, 9.17) is 15.2 Å². The zero-order valence-electron chi connectivity index (χ0n) is 14.6. The van der Waals surface area contributed by atoms with Crippen LogP contribution in [0.2, 0.25) is 0 Å². The van der Waals surface area contributed by atoms with E-state index in [1.54, 1.807) is 18.3 Å². The Balaban J connectivity index is 1.62. The number of H-pyrrole nitrogens is 1. The molecule has 3 rings (SSSR count). The van der Waals surface area contributed by atoms with Crippen molar-refractivity contribution in [2.45, 2.75) is 13.0 Å². The number of ether oxygens (including phenoxy) is 2. The van der Waals surface area contributed by atoms with Crippen molar-refractivity contribution in [3.8, 4) is 5.75 Å². The van der Waals surface area contributed by atoms with Crippen LogP contribution in [0.3, 0.4) is 0 Å². The molecule has 0 unspecified atom stereocenters. The number of esters is 1. The maximum atomic E-state index is 12.6. The second-order valence-electron chi connectivity index (χ2n) is 5.89. The van der Waals surface area contributed by atoms with Crippen molar-refractivity contribution in [2.24, 2.45) is 5.73 Å². The lowest BCUT2D eigenvalue weighted by Crippen LogP contribution is -2.27. The number of aromatic nitrogens is 1. The predicted octanol–water partition coefficient (Wildman–Crippen LogP) is 2.46. The Morgan fingerprint density at radius 3 is 2.52 bits per heavy atom. The highest BCUT2D eigenvalue weighted by atomic mass is 16.6. The van der Waals surface area contributed by atoms with Crippen molar-refractivity contribution in [3.63, 3.8) is 0 Å². The van der Waals surface area contributed by atoms with E-state index in [2.05, 4.69) is 4.98 Å². The number of hydrogen-bond donors (Lipinski definition) is 2. The lowest BCUT2D eigenvalue weighted by atomic mass is 10.1. The molecule has 0 aliphatic carbocycles. The molecule has 0 aliphatic rings. The van der Waals surface area contributed by atoms with Gasteiger partial charge in [-0.1, -0.05) is 30.3 Å². The fourth-order valence-electron chi connectivity index (χ4n) is 2.71. The van der Waals surface area contributed by atoms with Crippen LogP contribution in [0.15, 0.2) is 54.7 Å². The molecule has 0 radical (unpaired) electrons. The molecule has 138 valence electrons. The molecule has 0 bridgehead atoms. The molecule has 7 nitrogen and oxygen atoms in total. The molecule has 1 aromatic heterocycles. The summed E-state index contributed by atoms with van der Waals surface area (Å²) in [4.78, 5) is 39.0. The number of nitrogens with two attached hydrogens (primary N) is 1. The summed E-state index contributed by atoms with van der Waals surface area (Å²) in [6.45, 7) is 1.05. The van der Waals surface area contributed by atoms with Gasteiger partial charge in [-0.05, 0) is 25.1 Å². The highest BCUT2D eigenvalue weighted by Gasteiger charge is 2.22. The summed E-state index contributed by atoms with van der Waals surface area (Å²) in [5.74, 6) is -1.53. The Morgan fingerprint density at radius 1 is 1.04 bits per heavy atom. The number of ketones is 1. The van der Waals surface area contributed by atoms with Gasteiger partial charge in [0.25, 0.3) is 5.91 Å². The zero-order chi connectivity index (χ0) is 19.4. The van der Waals surface area contributed by atoms with Gasteiger partial charge in [-0.2, -0.15) is 0 Å². The second-order valence-corrected chi connectivity index (χ2v) is 5.89. The van der Waals surface area contributed by atoms with E-state index in [-0.39, 0.29) is 17.1 Å². The number of aromatic amines is 1. The van der Waals surface area contributed by atoms with Crippen LogP contribution in [0.4, 0.5) is 0 Å². The first-order chi connectivity index (χ1) is 13.0. The number of hydrogen-bond acceptors (Lipinski definition) is 5. The predicted molar refractivity (Wildman–Crippen MR) is 98.6 cm³/mol. The average Bonchev–Trinajstić information content (AvgIpc) is 3.10. The van der Waals surface area contributed by atoms with Crippen molar-refractivity contribution in [3.05, 3.63) is 65.9 Å². The molecule has 1 amide bonds. The maximum absolute atomic E-state index is 12.6. The number of rotatable bonds is 7. The summed E-state index contributed by atoms with van der Waals surface area (Å²) in [5, 5.41) is 0.761. The number of nitrogens with one attached hydrogen (secondary N) is 1. The molecule has 0 aliphatic heterocycles. The molecule has 3 N–H and O–H groups in total. The van der Waals surface area contributed by atoms with Crippen molar-refractivity contribution in [1.82, 2.24) is 4.98 Å². The van der Waals surface area contributed by atoms with Gasteiger partial charge in [0.2, 0.25) is 5.78 Å².